The van der Waals surface area contributed by atoms with Gasteiger partial charge in [-0.15, -0.1) is 12.4 Å². The Hall–Kier alpha value is -2.04. The second-order valence-corrected chi connectivity index (χ2v) is 4.68. The molecule has 0 aliphatic rings. The molecule has 0 radical (unpaired) electrons. The van der Waals surface area contributed by atoms with Crippen molar-refractivity contribution in [1.29, 1.82) is 0 Å². The lowest BCUT2D eigenvalue weighted by molar-refractivity contribution is 1.20. The van der Waals surface area contributed by atoms with Crippen LogP contribution in [-0.4, -0.2) is 17.0 Å². The predicted molar refractivity (Wildman–Crippen MR) is 91.1 cm³/mol. The fourth-order valence-corrected chi connectivity index (χ4v) is 2.19. The fourth-order valence-electron chi connectivity index (χ4n) is 2.01. The van der Waals surface area contributed by atoms with Gasteiger partial charge in [0, 0.05) is 12.4 Å². The summed E-state index contributed by atoms with van der Waals surface area (Å²) in [5.74, 6) is 1.30. The van der Waals surface area contributed by atoms with Crippen molar-refractivity contribution in [1.82, 2.24) is 9.97 Å². The van der Waals surface area contributed by atoms with Crippen molar-refractivity contribution < 1.29 is 0 Å². The maximum atomic E-state index is 6.13. The summed E-state index contributed by atoms with van der Waals surface area (Å²) in [5.41, 5.74) is 1.66. The first-order valence-electron chi connectivity index (χ1n) is 6.24. The fraction of sp³-hybridized carbons (Fsp3) is 0.0667. The van der Waals surface area contributed by atoms with Crippen LogP contribution in [0.15, 0.2) is 48.5 Å². The summed E-state index contributed by atoms with van der Waals surface area (Å²) in [6.45, 7) is 0. The molecule has 4 nitrogen and oxygen atoms in total. The highest BCUT2D eigenvalue weighted by molar-refractivity contribution is 6.33. The molecule has 0 fully saturated rings. The minimum absolute atomic E-state index is 0. The Balaban J connectivity index is 0.00000161. The van der Waals surface area contributed by atoms with E-state index in [-0.39, 0.29) is 12.4 Å². The summed E-state index contributed by atoms with van der Waals surface area (Å²) in [5, 5.41) is 7.85. The van der Waals surface area contributed by atoms with Crippen LogP contribution in [0.25, 0.3) is 10.9 Å². The zero-order valence-electron chi connectivity index (χ0n) is 11.3. The second kappa shape index (κ2) is 6.61. The first-order chi connectivity index (χ1) is 9.78. The molecule has 0 bridgehead atoms. The molecule has 0 saturated carbocycles. The smallest absolute Gasteiger partial charge is 0.229 e. The standard InChI is InChI=1S/C15H13ClN4.ClH/c1-17-14-10-6-2-4-8-12(10)18-15(20-14)19-13-9-5-3-7-11(13)16;/h2-9H,1H3,(H2,17,18,19,20);1H. The number of hydrogen-bond acceptors (Lipinski definition) is 4. The molecule has 1 aromatic heterocycles. The van der Waals surface area contributed by atoms with Gasteiger partial charge in [-0.3, -0.25) is 0 Å². The van der Waals surface area contributed by atoms with Crippen LogP contribution in [-0.2, 0) is 0 Å². The van der Waals surface area contributed by atoms with Crippen LogP contribution in [0.2, 0.25) is 5.02 Å². The summed E-state index contributed by atoms with van der Waals surface area (Å²) in [6, 6.07) is 15.4. The highest BCUT2D eigenvalue weighted by Gasteiger charge is 2.07. The van der Waals surface area contributed by atoms with Crippen molar-refractivity contribution in [2.45, 2.75) is 0 Å². The molecular formula is C15H14Cl2N4. The highest BCUT2D eigenvalue weighted by Crippen LogP contribution is 2.26. The maximum absolute atomic E-state index is 6.13. The third-order valence-corrected chi connectivity index (χ3v) is 3.29. The van der Waals surface area contributed by atoms with Crippen LogP contribution in [0.5, 0.6) is 0 Å². The third-order valence-electron chi connectivity index (χ3n) is 2.96. The largest absolute Gasteiger partial charge is 0.372 e. The molecule has 3 aromatic rings. The van der Waals surface area contributed by atoms with Crippen LogP contribution in [0.3, 0.4) is 0 Å². The summed E-state index contributed by atoms with van der Waals surface area (Å²) in [6.07, 6.45) is 0. The van der Waals surface area contributed by atoms with E-state index in [1.165, 1.54) is 0 Å². The van der Waals surface area contributed by atoms with E-state index in [2.05, 4.69) is 20.6 Å². The van der Waals surface area contributed by atoms with Gasteiger partial charge in [0.15, 0.2) is 0 Å². The van der Waals surface area contributed by atoms with E-state index in [1.807, 2.05) is 55.6 Å². The molecule has 108 valence electrons. The summed E-state index contributed by atoms with van der Waals surface area (Å²) in [4.78, 5) is 8.96. The van der Waals surface area contributed by atoms with E-state index in [9.17, 15) is 0 Å². The summed E-state index contributed by atoms with van der Waals surface area (Å²) in [7, 11) is 1.84. The molecule has 3 rings (SSSR count). The molecule has 0 spiro atoms. The van der Waals surface area contributed by atoms with Crippen LogP contribution in [0.1, 0.15) is 0 Å². The zero-order valence-corrected chi connectivity index (χ0v) is 12.9. The van der Waals surface area contributed by atoms with Gasteiger partial charge in [-0.05, 0) is 24.3 Å². The number of nitrogens with one attached hydrogen (secondary N) is 2. The number of aromatic nitrogens is 2. The van der Waals surface area contributed by atoms with E-state index in [0.717, 1.165) is 22.4 Å². The molecule has 6 heteroatoms. The minimum Gasteiger partial charge on any atom is -0.372 e. The van der Waals surface area contributed by atoms with Crippen molar-refractivity contribution in [3.05, 3.63) is 53.6 Å². The molecule has 0 saturated heterocycles. The van der Waals surface area contributed by atoms with Gasteiger partial charge < -0.3 is 10.6 Å². The quantitative estimate of drug-likeness (QED) is 0.746. The summed E-state index contributed by atoms with van der Waals surface area (Å²) < 4.78 is 0. The SMILES string of the molecule is CNc1nc(Nc2ccccc2Cl)nc2ccccc12.Cl. The molecule has 1 heterocycles. The molecule has 0 aliphatic heterocycles. The molecule has 21 heavy (non-hydrogen) atoms. The number of para-hydroxylation sites is 2. The average molecular weight is 321 g/mol. The normalized spacial score (nSPS) is 10.0. The van der Waals surface area contributed by atoms with Gasteiger partial charge in [0.1, 0.15) is 5.82 Å². The van der Waals surface area contributed by atoms with Crippen molar-refractivity contribution in [3.63, 3.8) is 0 Å². The number of halogens is 2. The van der Waals surface area contributed by atoms with Gasteiger partial charge >= 0.3 is 0 Å². The number of anilines is 3. The van der Waals surface area contributed by atoms with E-state index in [0.29, 0.717) is 11.0 Å². The Morgan fingerprint density at radius 3 is 2.43 bits per heavy atom. The van der Waals surface area contributed by atoms with Gasteiger partial charge in [0.2, 0.25) is 5.95 Å². The lowest BCUT2D eigenvalue weighted by atomic mass is 10.2. The van der Waals surface area contributed by atoms with Crippen molar-refractivity contribution in [3.8, 4) is 0 Å². The third kappa shape index (κ3) is 3.17. The maximum Gasteiger partial charge on any atom is 0.229 e. The van der Waals surface area contributed by atoms with Gasteiger partial charge in [-0.1, -0.05) is 35.9 Å². The van der Waals surface area contributed by atoms with E-state index < -0.39 is 0 Å². The molecule has 2 N–H and O–H groups in total. The monoisotopic (exact) mass is 320 g/mol. The van der Waals surface area contributed by atoms with Crippen LogP contribution < -0.4 is 10.6 Å². The number of fused-ring (bicyclic) bond motifs is 1. The molecular weight excluding hydrogens is 307 g/mol. The van der Waals surface area contributed by atoms with Crippen molar-refractivity contribution in [2.75, 3.05) is 17.7 Å². The first-order valence-corrected chi connectivity index (χ1v) is 6.62. The molecule has 0 aliphatic carbocycles. The molecule has 2 aromatic carbocycles. The number of rotatable bonds is 3. The van der Waals surface area contributed by atoms with Crippen molar-refractivity contribution >= 4 is 52.4 Å². The Labute approximate surface area is 134 Å². The second-order valence-electron chi connectivity index (χ2n) is 4.27. The topological polar surface area (TPSA) is 49.8 Å². The van der Waals surface area contributed by atoms with Gasteiger partial charge in [0.25, 0.3) is 0 Å². The molecule has 0 atom stereocenters. The Bertz CT molecular complexity index is 761. The predicted octanol–water partition coefficient (Wildman–Crippen LogP) is 4.49. The molecule has 0 amide bonds. The zero-order chi connectivity index (χ0) is 13.9. The Kier molecular flexibility index (Phi) is 4.83. The van der Waals surface area contributed by atoms with Crippen LogP contribution >= 0.6 is 24.0 Å². The Morgan fingerprint density at radius 1 is 0.952 bits per heavy atom. The van der Waals surface area contributed by atoms with Crippen LogP contribution in [0.4, 0.5) is 17.5 Å². The van der Waals surface area contributed by atoms with Gasteiger partial charge in [-0.25, -0.2) is 4.98 Å². The minimum atomic E-state index is 0. The highest BCUT2D eigenvalue weighted by atomic mass is 35.5. The van der Waals surface area contributed by atoms with Crippen molar-refractivity contribution in [2.24, 2.45) is 0 Å². The first kappa shape index (κ1) is 15.4. The number of benzene rings is 2. The average Bonchev–Trinajstić information content (AvgIpc) is 2.49. The lowest BCUT2D eigenvalue weighted by Gasteiger charge is -2.10. The van der Waals surface area contributed by atoms with E-state index >= 15 is 0 Å². The lowest BCUT2D eigenvalue weighted by Crippen LogP contribution is -2.02. The Morgan fingerprint density at radius 2 is 1.67 bits per heavy atom. The van der Waals surface area contributed by atoms with E-state index in [4.69, 9.17) is 11.6 Å². The number of hydrogen-bond donors (Lipinski definition) is 2. The number of nitrogens with zero attached hydrogens (tertiary/aromatic N) is 2. The summed E-state index contributed by atoms with van der Waals surface area (Å²) >= 11 is 6.13. The van der Waals surface area contributed by atoms with Gasteiger partial charge in [0.05, 0.1) is 16.2 Å². The van der Waals surface area contributed by atoms with E-state index in [1.54, 1.807) is 0 Å². The van der Waals surface area contributed by atoms with Crippen LogP contribution in [0, 0.1) is 0 Å². The molecule has 0 unspecified atom stereocenters. The van der Waals surface area contributed by atoms with Gasteiger partial charge in [-0.2, -0.15) is 4.98 Å².